The molecule has 2 atom stereocenters. The smallest absolute Gasteiger partial charge is 0.131 e. The molecule has 0 bridgehead atoms. The standard InChI is InChI=1S/C20H26N2O2/c1-12(2)7-15(21)11-23-19-9-20-17(8-13(19)3)16-5-6-22-10-18(16)14(4)24-20/h5-6,8-10,12,14-15H,7,11,21H2,1-4H3. The number of ether oxygens (including phenoxy) is 2. The van der Waals surface area contributed by atoms with E-state index in [4.69, 9.17) is 15.2 Å². The van der Waals surface area contributed by atoms with Crippen LogP contribution in [0.1, 0.15) is 44.4 Å². The minimum Gasteiger partial charge on any atom is -0.492 e. The molecule has 1 aliphatic heterocycles. The van der Waals surface area contributed by atoms with E-state index in [0.29, 0.717) is 12.5 Å². The molecule has 128 valence electrons. The van der Waals surface area contributed by atoms with Gasteiger partial charge in [-0.15, -0.1) is 0 Å². The molecule has 2 aromatic rings. The number of benzene rings is 1. The lowest BCUT2D eigenvalue weighted by atomic mass is 9.94. The first-order chi connectivity index (χ1) is 11.5. The number of nitrogens with zero attached hydrogens (tertiary/aromatic N) is 1. The second-order valence-corrected chi connectivity index (χ2v) is 7.04. The third kappa shape index (κ3) is 3.39. The molecule has 1 aromatic heterocycles. The summed E-state index contributed by atoms with van der Waals surface area (Å²) >= 11 is 0. The Bertz CT molecular complexity index is 728. The molecule has 0 fully saturated rings. The maximum absolute atomic E-state index is 6.13. The van der Waals surface area contributed by atoms with Crippen molar-refractivity contribution in [1.29, 1.82) is 0 Å². The van der Waals surface area contributed by atoms with Crippen molar-refractivity contribution in [2.24, 2.45) is 11.7 Å². The Morgan fingerprint density at radius 1 is 1.29 bits per heavy atom. The van der Waals surface area contributed by atoms with E-state index in [9.17, 15) is 0 Å². The van der Waals surface area contributed by atoms with Crippen LogP contribution in [0.3, 0.4) is 0 Å². The van der Waals surface area contributed by atoms with Crippen LogP contribution in [0.15, 0.2) is 30.6 Å². The van der Waals surface area contributed by atoms with Crippen LogP contribution in [0.5, 0.6) is 11.5 Å². The highest BCUT2D eigenvalue weighted by molar-refractivity contribution is 5.77. The van der Waals surface area contributed by atoms with E-state index in [1.807, 2.05) is 31.5 Å². The molecule has 0 saturated carbocycles. The molecule has 0 spiro atoms. The molecule has 4 nitrogen and oxygen atoms in total. The summed E-state index contributed by atoms with van der Waals surface area (Å²) in [5.74, 6) is 2.28. The zero-order valence-electron chi connectivity index (χ0n) is 14.9. The predicted molar refractivity (Wildman–Crippen MR) is 96.4 cm³/mol. The molecule has 1 aromatic carbocycles. The van der Waals surface area contributed by atoms with Crippen LogP contribution in [0.25, 0.3) is 11.1 Å². The van der Waals surface area contributed by atoms with E-state index in [1.165, 1.54) is 5.56 Å². The quantitative estimate of drug-likeness (QED) is 0.892. The van der Waals surface area contributed by atoms with Gasteiger partial charge in [-0.1, -0.05) is 13.8 Å². The number of hydrogen-bond acceptors (Lipinski definition) is 4. The molecular weight excluding hydrogens is 300 g/mol. The van der Waals surface area contributed by atoms with Gasteiger partial charge in [-0.05, 0) is 49.4 Å². The first kappa shape index (κ1) is 16.8. The van der Waals surface area contributed by atoms with Crippen molar-refractivity contribution >= 4 is 0 Å². The zero-order valence-corrected chi connectivity index (χ0v) is 14.9. The third-order valence-electron chi connectivity index (χ3n) is 4.39. The van der Waals surface area contributed by atoms with E-state index >= 15 is 0 Å². The van der Waals surface area contributed by atoms with Crippen molar-refractivity contribution in [1.82, 2.24) is 4.98 Å². The van der Waals surface area contributed by atoms with Gasteiger partial charge >= 0.3 is 0 Å². The number of aromatic nitrogens is 1. The summed E-state index contributed by atoms with van der Waals surface area (Å²) in [5, 5.41) is 0. The fourth-order valence-corrected chi connectivity index (χ4v) is 3.23. The van der Waals surface area contributed by atoms with Crippen LogP contribution >= 0.6 is 0 Å². The van der Waals surface area contributed by atoms with E-state index in [2.05, 4.69) is 31.8 Å². The Kier molecular flexibility index (Phi) is 4.76. The molecule has 2 unspecified atom stereocenters. The average Bonchev–Trinajstić information content (AvgIpc) is 2.53. The number of pyridine rings is 1. The Morgan fingerprint density at radius 3 is 2.83 bits per heavy atom. The van der Waals surface area contributed by atoms with Gasteiger partial charge < -0.3 is 15.2 Å². The zero-order chi connectivity index (χ0) is 17.3. The van der Waals surface area contributed by atoms with Gasteiger partial charge in [-0.25, -0.2) is 0 Å². The van der Waals surface area contributed by atoms with Crippen molar-refractivity contribution in [3.63, 3.8) is 0 Å². The van der Waals surface area contributed by atoms with Crippen molar-refractivity contribution in [3.05, 3.63) is 41.7 Å². The maximum atomic E-state index is 6.13. The van der Waals surface area contributed by atoms with Crippen LogP contribution in [0.4, 0.5) is 0 Å². The summed E-state index contributed by atoms with van der Waals surface area (Å²) in [5.41, 5.74) is 10.6. The average molecular weight is 326 g/mol. The monoisotopic (exact) mass is 326 g/mol. The first-order valence-electron chi connectivity index (χ1n) is 8.59. The fraction of sp³-hybridized carbons (Fsp3) is 0.450. The van der Waals surface area contributed by atoms with Crippen molar-refractivity contribution < 1.29 is 9.47 Å². The van der Waals surface area contributed by atoms with Gasteiger partial charge in [0, 0.05) is 35.6 Å². The second kappa shape index (κ2) is 6.81. The highest BCUT2D eigenvalue weighted by Gasteiger charge is 2.24. The first-order valence-corrected chi connectivity index (χ1v) is 8.59. The fourth-order valence-electron chi connectivity index (χ4n) is 3.23. The summed E-state index contributed by atoms with van der Waals surface area (Å²) in [4.78, 5) is 4.22. The van der Waals surface area contributed by atoms with E-state index in [1.54, 1.807) is 0 Å². The molecule has 0 radical (unpaired) electrons. The summed E-state index contributed by atoms with van der Waals surface area (Å²) in [6, 6.07) is 6.22. The molecule has 24 heavy (non-hydrogen) atoms. The van der Waals surface area contributed by atoms with Gasteiger partial charge in [0.1, 0.15) is 24.2 Å². The molecule has 1 aliphatic rings. The molecular formula is C20H26N2O2. The SMILES string of the molecule is Cc1cc2c(cc1OCC(N)CC(C)C)OC(C)c1cnccc1-2. The van der Waals surface area contributed by atoms with E-state index in [0.717, 1.165) is 34.6 Å². The van der Waals surface area contributed by atoms with Gasteiger partial charge in [-0.2, -0.15) is 0 Å². The molecule has 2 N–H and O–H groups in total. The summed E-state index contributed by atoms with van der Waals surface area (Å²) in [6.07, 6.45) is 4.65. The Hall–Kier alpha value is -2.07. The lowest BCUT2D eigenvalue weighted by molar-refractivity contribution is 0.219. The van der Waals surface area contributed by atoms with Crippen LogP contribution in [0, 0.1) is 12.8 Å². The van der Waals surface area contributed by atoms with Crippen molar-refractivity contribution in [3.8, 4) is 22.6 Å². The normalized spacial score (nSPS) is 17.0. The largest absolute Gasteiger partial charge is 0.492 e. The Labute approximate surface area is 144 Å². The van der Waals surface area contributed by atoms with E-state index in [-0.39, 0.29) is 12.1 Å². The second-order valence-electron chi connectivity index (χ2n) is 7.04. The van der Waals surface area contributed by atoms with Gasteiger partial charge in [0.05, 0.1) is 0 Å². The lowest BCUT2D eigenvalue weighted by Gasteiger charge is -2.27. The third-order valence-corrected chi connectivity index (χ3v) is 4.39. The van der Waals surface area contributed by atoms with Gasteiger partial charge in [0.2, 0.25) is 0 Å². The van der Waals surface area contributed by atoms with Crippen molar-refractivity contribution in [2.75, 3.05) is 6.61 Å². The molecule has 2 heterocycles. The molecule has 3 rings (SSSR count). The van der Waals surface area contributed by atoms with Crippen LogP contribution in [-0.2, 0) is 0 Å². The van der Waals surface area contributed by atoms with Crippen LogP contribution in [-0.4, -0.2) is 17.6 Å². The summed E-state index contributed by atoms with van der Waals surface area (Å²) < 4.78 is 12.0. The van der Waals surface area contributed by atoms with Crippen LogP contribution < -0.4 is 15.2 Å². The Balaban J connectivity index is 1.85. The number of nitrogens with two attached hydrogens (primary N) is 1. The van der Waals surface area contributed by atoms with Gasteiger partial charge in [0.15, 0.2) is 0 Å². The number of rotatable bonds is 5. The van der Waals surface area contributed by atoms with Gasteiger partial charge in [0.25, 0.3) is 0 Å². The lowest BCUT2D eigenvalue weighted by Crippen LogP contribution is -2.29. The van der Waals surface area contributed by atoms with Crippen molar-refractivity contribution in [2.45, 2.75) is 46.3 Å². The van der Waals surface area contributed by atoms with Crippen LogP contribution in [0.2, 0.25) is 0 Å². The predicted octanol–water partition coefficient (Wildman–Crippen LogP) is 4.26. The summed E-state index contributed by atoms with van der Waals surface area (Å²) in [6.45, 7) is 8.97. The molecule has 0 saturated heterocycles. The number of hydrogen-bond donors (Lipinski definition) is 1. The summed E-state index contributed by atoms with van der Waals surface area (Å²) in [7, 11) is 0. The molecule has 0 aliphatic carbocycles. The topological polar surface area (TPSA) is 57.4 Å². The minimum absolute atomic E-state index is 0.0139. The minimum atomic E-state index is -0.0139. The molecule has 0 amide bonds. The maximum Gasteiger partial charge on any atom is 0.131 e. The van der Waals surface area contributed by atoms with Gasteiger partial charge in [-0.3, -0.25) is 4.98 Å². The highest BCUT2D eigenvalue weighted by Crippen LogP contribution is 2.44. The van der Waals surface area contributed by atoms with E-state index < -0.39 is 0 Å². The Morgan fingerprint density at radius 2 is 2.08 bits per heavy atom. The molecule has 4 heteroatoms. The highest BCUT2D eigenvalue weighted by atomic mass is 16.5. The number of fused-ring (bicyclic) bond motifs is 3. The number of aryl methyl sites for hydroxylation is 1.